The van der Waals surface area contributed by atoms with Crippen molar-refractivity contribution in [2.24, 2.45) is 28.6 Å². The summed E-state index contributed by atoms with van der Waals surface area (Å²) >= 11 is 0. The monoisotopic (exact) mass is 262 g/mol. The molecule has 1 fully saturated rings. The molecule has 19 heavy (non-hydrogen) atoms. The molecule has 0 aromatic carbocycles. The lowest BCUT2D eigenvalue weighted by molar-refractivity contribution is -0.0402. The molecule has 0 bridgehead atoms. The molecule has 0 nitrogen and oxygen atoms in total. The first-order valence-corrected chi connectivity index (χ1v) is 8.44. The van der Waals surface area contributed by atoms with Crippen LogP contribution in [0.25, 0.3) is 0 Å². The third kappa shape index (κ3) is 2.78. The van der Waals surface area contributed by atoms with Crippen molar-refractivity contribution in [3.05, 3.63) is 11.6 Å². The van der Waals surface area contributed by atoms with E-state index in [1.54, 1.807) is 5.57 Å². The molecule has 2 aliphatic rings. The minimum absolute atomic E-state index is 0.542. The summed E-state index contributed by atoms with van der Waals surface area (Å²) in [5.74, 6) is 2.58. The van der Waals surface area contributed by atoms with Crippen molar-refractivity contribution in [2.45, 2.75) is 80.1 Å². The van der Waals surface area contributed by atoms with E-state index in [1.807, 2.05) is 0 Å². The fraction of sp³-hybridized carbons (Fsp3) is 0.895. The third-order valence-corrected chi connectivity index (χ3v) is 6.33. The molecule has 0 amide bonds. The van der Waals surface area contributed by atoms with E-state index >= 15 is 0 Å². The van der Waals surface area contributed by atoms with Crippen molar-refractivity contribution in [2.75, 3.05) is 0 Å². The quantitative estimate of drug-likeness (QED) is 0.529. The lowest BCUT2D eigenvalue weighted by Gasteiger charge is -2.57. The van der Waals surface area contributed by atoms with Gasteiger partial charge in [-0.1, -0.05) is 59.1 Å². The summed E-state index contributed by atoms with van der Waals surface area (Å²) in [6, 6.07) is 0. The van der Waals surface area contributed by atoms with Crippen molar-refractivity contribution in [1.29, 1.82) is 0 Å². The zero-order valence-corrected chi connectivity index (χ0v) is 14.1. The highest BCUT2D eigenvalue weighted by atomic mass is 14.6. The van der Waals surface area contributed by atoms with E-state index in [9.17, 15) is 0 Å². The Bertz CT molecular complexity index is 347. The Balaban J connectivity index is 2.25. The minimum atomic E-state index is 0.542. The van der Waals surface area contributed by atoms with Gasteiger partial charge in [0.1, 0.15) is 0 Å². The molecule has 1 saturated carbocycles. The summed E-state index contributed by atoms with van der Waals surface area (Å²) in [7, 11) is 0. The van der Waals surface area contributed by atoms with Gasteiger partial charge in [-0.3, -0.25) is 0 Å². The summed E-state index contributed by atoms with van der Waals surface area (Å²) in [5, 5.41) is 0. The van der Waals surface area contributed by atoms with Gasteiger partial charge in [-0.2, -0.15) is 0 Å². The first-order chi connectivity index (χ1) is 8.77. The predicted octanol–water partition coefficient (Wildman–Crippen LogP) is 6.22. The fourth-order valence-corrected chi connectivity index (χ4v) is 5.19. The first-order valence-electron chi connectivity index (χ1n) is 8.44. The van der Waals surface area contributed by atoms with Crippen LogP contribution < -0.4 is 0 Å². The van der Waals surface area contributed by atoms with Crippen LogP contribution in [0.1, 0.15) is 80.1 Å². The van der Waals surface area contributed by atoms with E-state index in [-0.39, 0.29) is 0 Å². The molecule has 3 atom stereocenters. The molecule has 0 unspecified atom stereocenters. The number of fused-ring (bicyclic) bond motifs is 1. The van der Waals surface area contributed by atoms with Crippen LogP contribution in [0.2, 0.25) is 0 Å². The molecule has 0 aliphatic heterocycles. The van der Waals surface area contributed by atoms with Crippen LogP contribution in [0.5, 0.6) is 0 Å². The van der Waals surface area contributed by atoms with E-state index in [0.717, 1.165) is 17.8 Å². The average Bonchev–Trinajstić information content (AvgIpc) is 2.26. The summed E-state index contributed by atoms with van der Waals surface area (Å²) < 4.78 is 0. The zero-order chi connectivity index (χ0) is 14.3. The standard InChI is InChI=1S/C19H34/c1-14(2)8-10-16-15(3)9-11-17-18(4,5)12-7-13-19(16,17)6/h9,14,16-17H,7-8,10-13H2,1-6H3/t16-,17-,19-/m0/s1. The van der Waals surface area contributed by atoms with Gasteiger partial charge in [0.2, 0.25) is 0 Å². The van der Waals surface area contributed by atoms with E-state index in [0.29, 0.717) is 10.8 Å². The van der Waals surface area contributed by atoms with Crippen LogP contribution in [0.3, 0.4) is 0 Å². The van der Waals surface area contributed by atoms with Crippen LogP contribution in [-0.4, -0.2) is 0 Å². The van der Waals surface area contributed by atoms with Crippen molar-refractivity contribution >= 4 is 0 Å². The zero-order valence-electron chi connectivity index (χ0n) is 14.1. The van der Waals surface area contributed by atoms with Crippen LogP contribution in [0.15, 0.2) is 11.6 Å². The number of hydrogen-bond acceptors (Lipinski definition) is 0. The van der Waals surface area contributed by atoms with Crippen LogP contribution in [0.4, 0.5) is 0 Å². The summed E-state index contributed by atoms with van der Waals surface area (Å²) in [4.78, 5) is 0. The maximum absolute atomic E-state index is 2.61. The van der Waals surface area contributed by atoms with Gasteiger partial charge < -0.3 is 0 Å². The average molecular weight is 262 g/mol. The molecule has 2 rings (SSSR count). The van der Waals surface area contributed by atoms with Gasteiger partial charge in [-0.25, -0.2) is 0 Å². The second-order valence-corrected chi connectivity index (χ2v) is 8.61. The van der Waals surface area contributed by atoms with Gasteiger partial charge in [0.25, 0.3) is 0 Å². The van der Waals surface area contributed by atoms with Gasteiger partial charge in [0.05, 0.1) is 0 Å². The topological polar surface area (TPSA) is 0 Å². The molecule has 0 heteroatoms. The number of hydrogen-bond donors (Lipinski definition) is 0. The molecular weight excluding hydrogens is 228 g/mol. The van der Waals surface area contributed by atoms with Crippen LogP contribution >= 0.6 is 0 Å². The van der Waals surface area contributed by atoms with Gasteiger partial charge in [0, 0.05) is 0 Å². The first kappa shape index (κ1) is 15.1. The number of allylic oxidation sites excluding steroid dienone is 2. The van der Waals surface area contributed by atoms with Crippen molar-refractivity contribution in [1.82, 2.24) is 0 Å². The Labute approximate surface area is 121 Å². The Morgan fingerprint density at radius 1 is 1.21 bits per heavy atom. The van der Waals surface area contributed by atoms with Crippen molar-refractivity contribution in [3.63, 3.8) is 0 Å². The fourth-order valence-electron chi connectivity index (χ4n) is 5.19. The van der Waals surface area contributed by atoms with Crippen molar-refractivity contribution < 1.29 is 0 Å². The Morgan fingerprint density at radius 3 is 2.53 bits per heavy atom. The molecule has 0 aromatic rings. The van der Waals surface area contributed by atoms with E-state index < -0.39 is 0 Å². The summed E-state index contributed by atoms with van der Waals surface area (Å²) in [6.45, 7) is 14.8. The summed E-state index contributed by atoms with van der Waals surface area (Å²) in [6.07, 6.45) is 11.0. The maximum Gasteiger partial charge on any atom is -0.0149 e. The van der Waals surface area contributed by atoms with Gasteiger partial charge >= 0.3 is 0 Å². The molecule has 110 valence electrons. The van der Waals surface area contributed by atoms with E-state index in [1.165, 1.54) is 38.5 Å². The molecule has 0 radical (unpaired) electrons. The minimum Gasteiger partial charge on any atom is -0.0850 e. The van der Waals surface area contributed by atoms with Gasteiger partial charge in [0.15, 0.2) is 0 Å². The molecular formula is C19H34. The second kappa shape index (κ2) is 5.26. The highest BCUT2D eigenvalue weighted by molar-refractivity contribution is 5.18. The molecule has 0 N–H and O–H groups in total. The Kier molecular flexibility index (Phi) is 4.19. The Hall–Kier alpha value is -0.260. The molecule has 0 spiro atoms. The van der Waals surface area contributed by atoms with Crippen molar-refractivity contribution in [3.8, 4) is 0 Å². The molecule has 0 aromatic heterocycles. The summed E-state index contributed by atoms with van der Waals surface area (Å²) in [5.41, 5.74) is 2.80. The maximum atomic E-state index is 2.61. The van der Waals surface area contributed by atoms with Crippen LogP contribution in [0, 0.1) is 28.6 Å². The Morgan fingerprint density at radius 2 is 1.89 bits per heavy atom. The van der Waals surface area contributed by atoms with E-state index in [2.05, 4.69) is 47.6 Å². The lowest BCUT2D eigenvalue weighted by Crippen LogP contribution is -2.48. The van der Waals surface area contributed by atoms with Crippen LogP contribution in [-0.2, 0) is 0 Å². The second-order valence-electron chi connectivity index (χ2n) is 8.61. The normalized spacial score (nSPS) is 37.9. The lowest BCUT2D eigenvalue weighted by atomic mass is 9.48. The molecule has 0 heterocycles. The van der Waals surface area contributed by atoms with Gasteiger partial charge in [-0.15, -0.1) is 0 Å². The largest absolute Gasteiger partial charge is 0.0850 e. The third-order valence-electron chi connectivity index (χ3n) is 6.33. The predicted molar refractivity (Wildman–Crippen MR) is 85.2 cm³/mol. The highest BCUT2D eigenvalue weighted by Crippen LogP contribution is 2.60. The SMILES string of the molecule is CC1=CC[C@H]2C(C)(C)CCC[C@@]2(C)[C@H]1CCC(C)C. The molecule has 0 saturated heterocycles. The molecule has 2 aliphatic carbocycles. The van der Waals surface area contributed by atoms with Gasteiger partial charge in [-0.05, 0) is 61.2 Å². The van der Waals surface area contributed by atoms with E-state index in [4.69, 9.17) is 0 Å². The highest BCUT2D eigenvalue weighted by Gasteiger charge is 2.51. The smallest absolute Gasteiger partial charge is 0.0149 e. The number of rotatable bonds is 3.